The second-order valence-corrected chi connectivity index (χ2v) is 6.44. The van der Waals surface area contributed by atoms with Crippen molar-refractivity contribution in [2.24, 2.45) is 0 Å². The fraction of sp³-hybridized carbons (Fsp3) is 0.333. The number of aryl methyl sites for hydroxylation is 1. The highest BCUT2D eigenvalue weighted by molar-refractivity contribution is 6.06. The van der Waals surface area contributed by atoms with E-state index in [2.05, 4.69) is 29.0 Å². The molecule has 0 spiro atoms. The van der Waals surface area contributed by atoms with Crippen LogP contribution in [-0.2, 0) is 0 Å². The van der Waals surface area contributed by atoms with Crippen LogP contribution in [0.1, 0.15) is 41.7 Å². The number of nitrogens with zero attached hydrogens (tertiary/aromatic N) is 2. The summed E-state index contributed by atoms with van der Waals surface area (Å²) in [5, 5.41) is 3.64. The van der Waals surface area contributed by atoms with Crippen molar-refractivity contribution in [1.29, 1.82) is 0 Å². The van der Waals surface area contributed by atoms with Gasteiger partial charge >= 0.3 is 0 Å². The van der Waals surface area contributed by atoms with Crippen LogP contribution in [0.3, 0.4) is 0 Å². The van der Waals surface area contributed by atoms with Crippen LogP contribution < -0.4 is 5.32 Å². The Labute approximate surface area is 158 Å². The van der Waals surface area contributed by atoms with Gasteiger partial charge in [-0.05, 0) is 50.3 Å². The Bertz CT molecular complexity index is 915. The van der Waals surface area contributed by atoms with Crippen LogP contribution >= 0.6 is 0 Å². The van der Waals surface area contributed by atoms with Gasteiger partial charge in [-0.25, -0.2) is 4.39 Å². The predicted octanol–water partition coefficient (Wildman–Crippen LogP) is 4.09. The van der Waals surface area contributed by atoms with Gasteiger partial charge in [0.25, 0.3) is 5.91 Å². The molecular formula is C21H24FN3O2. The molecule has 2 aromatic heterocycles. The van der Waals surface area contributed by atoms with Gasteiger partial charge in [0.2, 0.25) is 0 Å². The Kier molecular flexibility index (Phi) is 5.86. The zero-order valence-electron chi connectivity index (χ0n) is 15.8. The number of carbonyl (C=O) groups excluding carboxylic acids is 1. The molecule has 1 unspecified atom stereocenters. The molecule has 27 heavy (non-hydrogen) atoms. The molecule has 0 aliphatic rings. The minimum Gasteiger partial charge on any atom is -0.468 e. The lowest BCUT2D eigenvalue weighted by Gasteiger charge is -2.28. The zero-order valence-corrected chi connectivity index (χ0v) is 15.8. The molecule has 0 aliphatic carbocycles. The monoisotopic (exact) mass is 369 g/mol. The number of hydrogen-bond donors (Lipinski definition) is 1. The highest BCUT2D eigenvalue weighted by Crippen LogP contribution is 2.22. The van der Waals surface area contributed by atoms with E-state index in [-0.39, 0.29) is 17.8 Å². The zero-order chi connectivity index (χ0) is 19.4. The molecule has 1 amide bonds. The molecule has 0 saturated carbocycles. The molecular weight excluding hydrogens is 345 g/mol. The number of halogens is 1. The van der Waals surface area contributed by atoms with E-state index in [1.165, 1.54) is 12.1 Å². The molecule has 3 aromatic rings. The molecule has 0 bridgehead atoms. The van der Waals surface area contributed by atoms with E-state index >= 15 is 0 Å². The summed E-state index contributed by atoms with van der Waals surface area (Å²) < 4.78 is 19.1. The second kappa shape index (κ2) is 8.31. The number of amides is 1. The van der Waals surface area contributed by atoms with Gasteiger partial charge in [0, 0.05) is 23.7 Å². The number of hydrogen-bond acceptors (Lipinski definition) is 4. The van der Waals surface area contributed by atoms with E-state index < -0.39 is 0 Å². The largest absolute Gasteiger partial charge is 0.468 e. The molecule has 0 aliphatic heterocycles. The number of carbonyl (C=O) groups is 1. The van der Waals surface area contributed by atoms with E-state index in [1.54, 1.807) is 25.3 Å². The molecule has 1 aromatic carbocycles. The van der Waals surface area contributed by atoms with Crippen LogP contribution in [0.25, 0.3) is 10.9 Å². The van der Waals surface area contributed by atoms with Crippen LogP contribution in [0.4, 0.5) is 4.39 Å². The number of nitrogens with one attached hydrogen (secondary N) is 1. The summed E-state index contributed by atoms with van der Waals surface area (Å²) in [6.45, 7) is 8.05. The highest BCUT2D eigenvalue weighted by Gasteiger charge is 2.22. The third kappa shape index (κ3) is 4.17. The minimum atomic E-state index is -0.369. The number of likely N-dealkylation sites (N-methyl/N-ethyl adjacent to an activating group) is 1. The second-order valence-electron chi connectivity index (χ2n) is 6.44. The molecule has 1 atom stereocenters. The Morgan fingerprint density at radius 3 is 2.70 bits per heavy atom. The Hall–Kier alpha value is -2.73. The predicted molar refractivity (Wildman–Crippen MR) is 103 cm³/mol. The normalized spacial score (nSPS) is 12.5. The van der Waals surface area contributed by atoms with Crippen LogP contribution in [-0.4, -0.2) is 35.4 Å². The van der Waals surface area contributed by atoms with Crippen LogP contribution in [0.15, 0.2) is 47.1 Å². The molecule has 6 heteroatoms. The lowest BCUT2D eigenvalue weighted by atomic mass is 10.1. The van der Waals surface area contributed by atoms with E-state index in [9.17, 15) is 9.18 Å². The fourth-order valence-electron chi connectivity index (χ4n) is 3.36. The van der Waals surface area contributed by atoms with Crippen molar-refractivity contribution in [2.75, 3.05) is 19.6 Å². The summed E-state index contributed by atoms with van der Waals surface area (Å²) in [5.74, 6) is 0.240. The van der Waals surface area contributed by atoms with Gasteiger partial charge in [-0.2, -0.15) is 0 Å². The van der Waals surface area contributed by atoms with Gasteiger partial charge in [-0.3, -0.25) is 14.7 Å². The van der Waals surface area contributed by atoms with Crippen molar-refractivity contribution in [3.05, 3.63) is 65.5 Å². The van der Waals surface area contributed by atoms with E-state index in [1.807, 2.05) is 12.1 Å². The highest BCUT2D eigenvalue weighted by atomic mass is 19.1. The first-order valence-corrected chi connectivity index (χ1v) is 9.16. The van der Waals surface area contributed by atoms with E-state index in [4.69, 9.17) is 4.42 Å². The van der Waals surface area contributed by atoms with Gasteiger partial charge in [0.15, 0.2) is 0 Å². The van der Waals surface area contributed by atoms with E-state index in [0.717, 1.165) is 18.8 Å². The third-order valence-corrected chi connectivity index (χ3v) is 4.73. The number of rotatable bonds is 7. The average Bonchev–Trinajstić information content (AvgIpc) is 3.18. The van der Waals surface area contributed by atoms with Gasteiger partial charge < -0.3 is 9.73 Å². The Balaban J connectivity index is 1.85. The molecule has 2 heterocycles. The first kappa shape index (κ1) is 19.0. The summed E-state index contributed by atoms with van der Waals surface area (Å²) in [6.07, 6.45) is 1.64. The maximum atomic E-state index is 13.5. The number of aromatic nitrogens is 1. The van der Waals surface area contributed by atoms with Crippen molar-refractivity contribution in [1.82, 2.24) is 15.2 Å². The summed E-state index contributed by atoms with van der Waals surface area (Å²) in [5.41, 5.74) is 1.64. The smallest absolute Gasteiger partial charge is 0.252 e. The molecule has 142 valence electrons. The van der Waals surface area contributed by atoms with E-state index in [0.29, 0.717) is 28.7 Å². The number of furan rings is 1. The summed E-state index contributed by atoms with van der Waals surface area (Å²) in [6, 6.07) is 9.74. The SMILES string of the molecule is CCN(CC)C(CNC(=O)c1cc(C)nc2cc(F)ccc12)c1ccco1. The first-order valence-electron chi connectivity index (χ1n) is 9.16. The number of pyridine rings is 1. The lowest BCUT2D eigenvalue weighted by molar-refractivity contribution is 0.0931. The number of benzene rings is 1. The molecule has 0 fully saturated rings. The molecule has 5 nitrogen and oxygen atoms in total. The lowest BCUT2D eigenvalue weighted by Crippen LogP contribution is -2.38. The molecule has 1 N–H and O–H groups in total. The van der Waals surface area contributed by atoms with Crippen molar-refractivity contribution in [2.45, 2.75) is 26.8 Å². The number of fused-ring (bicyclic) bond motifs is 1. The van der Waals surface area contributed by atoms with Crippen molar-refractivity contribution in [3.8, 4) is 0 Å². The maximum absolute atomic E-state index is 13.5. The standard InChI is InChI=1S/C21H24FN3O2/c1-4-25(5-2)19(20-7-6-10-27-20)13-23-21(26)17-11-14(3)24-18-12-15(22)8-9-16(17)18/h6-12,19H,4-5,13H2,1-3H3,(H,23,26). The van der Waals surface area contributed by atoms with Crippen molar-refractivity contribution in [3.63, 3.8) is 0 Å². The fourth-order valence-corrected chi connectivity index (χ4v) is 3.36. The van der Waals surface area contributed by atoms with Gasteiger partial charge in [-0.15, -0.1) is 0 Å². The van der Waals surface area contributed by atoms with Crippen LogP contribution in [0.2, 0.25) is 0 Å². The average molecular weight is 369 g/mol. The van der Waals surface area contributed by atoms with Crippen molar-refractivity contribution < 1.29 is 13.6 Å². The summed E-state index contributed by atoms with van der Waals surface area (Å²) in [7, 11) is 0. The van der Waals surface area contributed by atoms with Gasteiger partial charge in [0.1, 0.15) is 11.6 Å². The quantitative estimate of drug-likeness (QED) is 0.682. The van der Waals surface area contributed by atoms with Gasteiger partial charge in [0.05, 0.1) is 23.4 Å². The van der Waals surface area contributed by atoms with Crippen LogP contribution in [0, 0.1) is 12.7 Å². The molecule has 0 radical (unpaired) electrons. The van der Waals surface area contributed by atoms with Crippen LogP contribution in [0.5, 0.6) is 0 Å². The minimum absolute atomic E-state index is 0.0504. The first-order chi connectivity index (χ1) is 13.0. The summed E-state index contributed by atoms with van der Waals surface area (Å²) >= 11 is 0. The van der Waals surface area contributed by atoms with Crippen molar-refractivity contribution >= 4 is 16.8 Å². The third-order valence-electron chi connectivity index (χ3n) is 4.73. The maximum Gasteiger partial charge on any atom is 0.252 e. The Morgan fingerprint density at radius 2 is 2.04 bits per heavy atom. The van der Waals surface area contributed by atoms with Gasteiger partial charge in [-0.1, -0.05) is 13.8 Å². The molecule has 3 rings (SSSR count). The summed E-state index contributed by atoms with van der Waals surface area (Å²) in [4.78, 5) is 19.4. The molecule has 0 saturated heterocycles. The Morgan fingerprint density at radius 1 is 1.26 bits per heavy atom. The topological polar surface area (TPSA) is 58.4 Å².